The molecule has 13 heavy (non-hydrogen) atoms. The summed E-state index contributed by atoms with van der Waals surface area (Å²) < 4.78 is 0. The molecular weight excluding hydrogens is 190 g/mol. The molecule has 1 saturated heterocycles. The topological polar surface area (TPSA) is 54.0 Å². The maximum Gasteiger partial charge on any atom is 0.315 e. The van der Waals surface area contributed by atoms with Crippen LogP contribution in [0.3, 0.4) is 0 Å². The molecule has 0 unspecified atom stereocenters. The minimum absolute atomic E-state index is 0.0389. The van der Waals surface area contributed by atoms with Crippen LogP contribution in [-0.4, -0.2) is 17.6 Å². The van der Waals surface area contributed by atoms with E-state index in [0.717, 1.165) is 5.56 Å². The fourth-order valence-corrected chi connectivity index (χ4v) is 1.56. The number of hydrogen-bond acceptors (Lipinski definition) is 2. The number of halogens is 1. The summed E-state index contributed by atoms with van der Waals surface area (Å²) in [6, 6.07) is 1.61. The van der Waals surface area contributed by atoms with Gasteiger partial charge in [0.25, 0.3) is 0 Å². The molecule has 0 bridgehead atoms. The van der Waals surface area contributed by atoms with Crippen molar-refractivity contribution in [1.29, 1.82) is 0 Å². The van der Waals surface area contributed by atoms with Gasteiger partial charge in [-0.3, -0.25) is 4.98 Å². The van der Waals surface area contributed by atoms with Gasteiger partial charge >= 0.3 is 6.03 Å². The van der Waals surface area contributed by atoms with Crippen LogP contribution in [0, 0.1) is 0 Å². The summed E-state index contributed by atoms with van der Waals surface area (Å²) in [5.41, 5.74) is 0.898. The fourth-order valence-electron chi connectivity index (χ4n) is 1.31. The van der Waals surface area contributed by atoms with Gasteiger partial charge in [-0.2, -0.15) is 0 Å². The molecule has 4 nitrogen and oxygen atoms in total. The maximum absolute atomic E-state index is 10.9. The first-order valence-electron chi connectivity index (χ1n) is 3.91. The van der Waals surface area contributed by atoms with Crippen molar-refractivity contribution in [1.82, 2.24) is 15.6 Å². The number of carbonyl (C=O) groups is 1. The molecule has 0 radical (unpaired) electrons. The van der Waals surface area contributed by atoms with Crippen molar-refractivity contribution in [3.05, 3.63) is 29.0 Å². The van der Waals surface area contributed by atoms with Crippen LogP contribution in [0.15, 0.2) is 18.5 Å². The number of nitrogens with zero attached hydrogens (tertiary/aromatic N) is 1. The molecule has 1 aromatic heterocycles. The lowest BCUT2D eigenvalue weighted by Gasteiger charge is -2.09. The zero-order valence-electron chi connectivity index (χ0n) is 6.75. The lowest BCUT2D eigenvalue weighted by molar-refractivity contribution is 0.247. The van der Waals surface area contributed by atoms with Gasteiger partial charge in [0.2, 0.25) is 0 Å². The number of pyridine rings is 1. The minimum atomic E-state index is -0.155. The van der Waals surface area contributed by atoms with Crippen LogP contribution in [0.5, 0.6) is 0 Å². The summed E-state index contributed by atoms with van der Waals surface area (Å²) in [7, 11) is 0. The standard InChI is InChI=1S/C8H8ClN3O/c9-6-3-10-2-1-5(6)7-4-11-8(13)12-7/h1-3,7H,4H2,(H2,11,12,13)/t7-/m0/s1. The van der Waals surface area contributed by atoms with Gasteiger partial charge in [-0.1, -0.05) is 11.6 Å². The van der Waals surface area contributed by atoms with E-state index >= 15 is 0 Å². The van der Waals surface area contributed by atoms with Gasteiger partial charge in [0, 0.05) is 18.9 Å². The molecule has 1 atom stereocenters. The number of aromatic nitrogens is 1. The number of nitrogens with one attached hydrogen (secondary N) is 2. The Bertz CT molecular complexity index is 342. The van der Waals surface area contributed by atoms with Crippen molar-refractivity contribution >= 4 is 17.6 Å². The molecule has 1 aliphatic heterocycles. The zero-order valence-corrected chi connectivity index (χ0v) is 7.51. The largest absolute Gasteiger partial charge is 0.336 e. The molecule has 0 aromatic carbocycles. The summed E-state index contributed by atoms with van der Waals surface area (Å²) in [6.45, 7) is 0.572. The Morgan fingerprint density at radius 2 is 2.46 bits per heavy atom. The fraction of sp³-hybridized carbons (Fsp3) is 0.250. The molecule has 2 N–H and O–H groups in total. The summed E-state index contributed by atoms with van der Waals surface area (Å²) >= 11 is 5.91. The van der Waals surface area contributed by atoms with Gasteiger partial charge in [-0.25, -0.2) is 4.79 Å². The van der Waals surface area contributed by atoms with E-state index < -0.39 is 0 Å². The monoisotopic (exact) mass is 197 g/mol. The minimum Gasteiger partial charge on any atom is -0.336 e. The number of rotatable bonds is 1. The van der Waals surface area contributed by atoms with Crippen molar-refractivity contribution in [3.63, 3.8) is 0 Å². The molecule has 5 heteroatoms. The Labute approximate surface area is 80.3 Å². The Kier molecular flexibility index (Phi) is 2.06. The summed E-state index contributed by atoms with van der Waals surface area (Å²) in [6.07, 6.45) is 3.23. The second-order valence-corrected chi connectivity index (χ2v) is 3.21. The Balaban J connectivity index is 2.26. The van der Waals surface area contributed by atoms with Crippen LogP contribution in [0.1, 0.15) is 11.6 Å². The molecule has 0 saturated carbocycles. The third-order valence-electron chi connectivity index (χ3n) is 1.95. The molecule has 1 aromatic rings. The van der Waals surface area contributed by atoms with Crippen molar-refractivity contribution in [2.24, 2.45) is 0 Å². The summed E-state index contributed by atoms with van der Waals surface area (Å²) in [5.74, 6) is 0. The average Bonchev–Trinajstić information content (AvgIpc) is 2.53. The molecule has 1 fully saturated rings. The molecule has 1 aliphatic rings. The van der Waals surface area contributed by atoms with E-state index in [-0.39, 0.29) is 12.1 Å². The highest BCUT2D eigenvalue weighted by Gasteiger charge is 2.22. The third-order valence-corrected chi connectivity index (χ3v) is 2.27. The summed E-state index contributed by atoms with van der Waals surface area (Å²) in [4.78, 5) is 14.7. The molecular formula is C8H8ClN3O. The van der Waals surface area contributed by atoms with Crippen molar-refractivity contribution < 1.29 is 4.79 Å². The SMILES string of the molecule is O=C1NC[C@@H](c2ccncc2Cl)N1. The molecule has 2 amide bonds. The van der Waals surface area contributed by atoms with E-state index in [9.17, 15) is 4.79 Å². The van der Waals surface area contributed by atoms with Crippen LogP contribution in [0.4, 0.5) is 4.79 Å². The normalized spacial score (nSPS) is 21.0. The lowest BCUT2D eigenvalue weighted by atomic mass is 10.1. The number of urea groups is 1. The highest BCUT2D eigenvalue weighted by atomic mass is 35.5. The van der Waals surface area contributed by atoms with Crippen LogP contribution >= 0.6 is 11.6 Å². The van der Waals surface area contributed by atoms with Crippen LogP contribution in [-0.2, 0) is 0 Å². The second-order valence-electron chi connectivity index (χ2n) is 2.80. The van der Waals surface area contributed by atoms with Gasteiger partial charge in [0.05, 0.1) is 11.1 Å². The molecule has 0 aliphatic carbocycles. The predicted octanol–water partition coefficient (Wildman–Crippen LogP) is 1.09. The van der Waals surface area contributed by atoms with E-state index in [0.29, 0.717) is 11.6 Å². The molecule has 2 heterocycles. The predicted molar refractivity (Wildman–Crippen MR) is 48.5 cm³/mol. The average molecular weight is 198 g/mol. The van der Waals surface area contributed by atoms with E-state index in [1.807, 2.05) is 0 Å². The molecule has 68 valence electrons. The van der Waals surface area contributed by atoms with Gasteiger partial charge < -0.3 is 10.6 Å². The van der Waals surface area contributed by atoms with Crippen LogP contribution in [0.25, 0.3) is 0 Å². The van der Waals surface area contributed by atoms with Crippen LogP contribution < -0.4 is 10.6 Å². The smallest absolute Gasteiger partial charge is 0.315 e. The van der Waals surface area contributed by atoms with E-state index in [1.165, 1.54) is 0 Å². The first-order valence-corrected chi connectivity index (χ1v) is 4.29. The Morgan fingerprint density at radius 3 is 3.08 bits per heavy atom. The van der Waals surface area contributed by atoms with Crippen molar-refractivity contribution in [2.75, 3.05) is 6.54 Å². The van der Waals surface area contributed by atoms with E-state index in [2.05, 4.69) is 15.6 Å². The van der Waals surface area contributed by atoms with Gasteiger partial charge in [-0.15, -0.1) is 0 Å². The van der Waals surface area contributed by atoms with Gasteiger partial charge in [-0.05, 0) is 11.6 Å². The first-order chi connectivity index (χ1) is 6.27. The Morgan fingerprint density at radius 1 is 1.62 bits per heavy atom. The van der Waals surface area contributed by atoms with Crippen molar-refractivity contribution in [3.8, 4) is 0 Å². The van der Waals surface area contributed by atoms with E-state index in [4.69, 9.17) is 11.6 Å². The highest BCUT2D eigenvalue weighted by Crippen LogP contribution is 2.22. The molecule has 2 rings (SSSR count). The van der Waals surface area contributed by atoms with E-state index in [1.54, 1.807) is 18.5 Å². The number of amides is 2. The zero-order chi connectivity index (χ0) is 9.26. The van der Waals surface area contributed by atoms with Gasteiger partial charge in [0.15, 0.2) is 0 Å². The number of hydrogen-bond donors (Lipinski definition) is 2. The quantitative estimate of drug-likeness (QED) is 0.708. The number of carbonyl (C=O) groups excluding carboxylic acids is 1. The lowest BCUT2D eigenvalue weighted by Crippen LogP contribution is -2.21. The van der Waals surface area contributed by atoms with Gasteiger partial charge in [0.1, 0.15) is 0 Å². The van der Waals surface area contributed by atoms with Crippen molar-refractivity contribution in [2.45, 2.75) is 6.04 Å². The maximum atomic E-state index is 10.9. The Hall–Kier alpha value is -1.29. The molecule has 0 spiro atoms. The first kappa shape index (κ1) is 8.31. The third kappa shape index (κ3) is 1.58. The summed E-state index contributed by atoms with van der Waals surface area (Å²) in [5, 5.41) is 5.99. The second kappa shape index (κ2) is 3.22. The van der Waals surface area contributed by atoms with Crippen LogP contribution in [0.2, 0.25) is 5.02 Å². The highest BCUT2D eigenvalue weighted by molar-refractivity contribution is 6.31.